The summed E-state index contributed by atoms with van der Waals surface area (Å²) in [5.41, 5.74) is 0. The number of carbonyl (C=O) groups is 3. The second-order valence-corrected chi connectivity index (χ2v) is 24.5. The number of hydrogen-bond donors (Lipinski definition) is 0. The molecule has 0 heterocycles. The molecule has 0 aromatic carbocycles. The molecule has 0 bridgehead atoms. The van der Waals surface area contributed by atoms with Gasteiger partial charge in [-0.2, -0.15) is 0 Å². The average Bonchev–Trinajstić information content (AvgIpc) is 3.47. The topological polar surface area (TPSA) is 78.9 Å². The second kappa shape index (κ2) is 70.6. The Labute approximate surface area is 510 Å². The first-order valence-electron chi connectivity index (χ1n) is 36.3. The van der Waals surface area contributed by atoms with Gasteiger partial charge < -0.3 is 14.2 Å². The Kier molecular flexibility index (Phi) is 68.1. The summed E-state index contributed by atoms with van der Waals surface area (Å²) >= 11 is 0. The molecule has 0 amide bonds. The van der Waals surface area contributed by atoms with Crippen LogP contribution in [0.25, 0.3) is 0 Å². The molecule has 1 atom stereocenters. The van der Waals surface area contributed by atoms with E-state index in [-0.39, 0.29) is 31.1 Å². The summed E-state index contributed by atoms with van der Waals surface area (Å²) in [7, 11) is 0. The van der Waals surface area contributed by atoms with Crippen molar-refractivity contribution >= 4 is 17.9 Å². The van der Waals surface area contributed by atoms with Crippen LogP contribution in [0.1, 0.15) is 387 Å². The van der Waals surface area contributed by atoms with E-state index < -0.39 is 6.10 Å². The first kappa shape index (κ1) is 79.1. The summed E-state index contributed by atoms with van der Waals surface area (Å²) in [6, 6.07) is 0. The molecule has 0 radical (unpaired) electrons. The number of hydrogen-bond acceptors (Lipinski definition) is 6. The summed E-state index contributed by atoms with van der Waals surface area (Å²) < 4.78 is 17.0. The SMILES string of the molecule is CCCCC/C=C\C/C=C\CCCCCCCCCCCC(=O)OCC(COC(=O)CCCCCCCCCCCCCCCCCCCCCCCCCC)OC(=O)CCCCCCCC/C=C\C/C=C\C/C=C\CCCCCCC. The summed E-state index contributed by atoms with van der Waals surface area (Å²) in [6.07, 6.45) is 91.0. The molecule has 0 aliphatic heterocycles. The molecule has 0 aromatic heterocycles. The highest BCUT2D eigenvalue weighted by molar-refractivity contribution is 5.71. The number of carbonyl (C=O) groups excluding carboxylic acids is 3. The van der Waals surface area contributed by atoms with E-state index in [1.807, 2.05) is 0 Å². The van der Waals surface area contributed by atoms with Crippen molar-refractivity contribution in [2.75, 3.05) is 13.2 Å². The van der Waals surface area contributed by atoms with E-state index in [4.69, 9.17) is 14.2 Å². The third-order valence-corrected chi connectivity index (χ3v) is 16.2. The van der Waals surface area contributed by atoms with E-state index in [1.54, 1.807) is 0 Å². The highest BCUT2D eigenvalue weighted by atomic mass is 16.6. The first-order chi connectivity index (χ1) is 40.5. The fourth-order valence-electron chi connectivity index (χ4n) is 10.8. The van der Waals surface area contributed by atoms with E-state index in [9.17, 15) is 14.4 Å². The van der Waals surface area contributed by atoms with Gasteiger partial charge in [-0.3, -0.25) is 14.4 Å². The van der Waals surface area contributed by atoms with Crippen LogP contribution >= 0.6 is 0 Å². The van der Waals surface area contributed by atoms with Gasteiger partial charge in [0, 0.05) is 19.3 Å². The number of unbranched alkanes of at least 4 members (excludes halogenated alkanes) is 46. The minimum Gasteiger partial charge on any atom is -0.462 e. The van der Waals surface area contributed by atoms with E-state index in [2.05, 4.69) is 81.5 Å². The van der Waals surface area contributed by atoms with E-state index in [0.717, 1.165) is 89.9 Å². The lowest BCUT2D eigenvalue weighted by molar-refractivity contribution is -0.167. The lowest BCUT2D eigenvalue weighted by Gasteiger charge is -2.18. The third-order valence-electron chi connectivity index (χ3n) is 16.2. The highest BCUT2D eigenvalue weighted by Crippen LogP contribution is 2.18. The lowest BCUT2D eigenvalue weighted by Crippen LogP contribution is -2.30. The van der Waals surface area contributed by atoms with Gasteiger partial charge in [-0.1, -0.05) is 338 Å². The number of rotatable bonds is 67. The van der Waals surface area contributed by atoms with Gasteiger partial charge in [-0.15, -0.1) is 0 Å². The van der Waals surface area contributed by atoms with Crippen molar-refractivity contribution < 1.29 is 28.6 Å². The standard InChI is InChI=1S/C76H138O6/c1-4-7-10-13-16-19-22-25-28-31-34-36-37-38-40-42-45-48-51-54-57-60-63-66-69-75(78)81-72-73(71-80-74(77)68-65-62-59-56-53-50-47-44-41-33-30-27-24-21-18-15-12-9-6-3)82-76(79)70-67-64-61-58-55-52-49-46-43-39-35-32-29-26-23-20-17-14-11-8-5-2/h18,21,23,26-27,30,32,35,43,46,73H,4-17,19-20,22,24-25,28-29,31,33-34,36-42,44-45,47-72H2,1-3H3/b21-18-,26-23-,30-27-,35-32-,46-43-. The molecule has 0 aliphatic carbocycles. The van der Waals surface area contributed by atoms with Crippen molar-refractivity contribution in [3.63, 3.8) is 0 Å². The smallest absolute Gasteiger partial charge is 0.306 e. The molecular weight excluding hydrogens is 1010 g/mol. The Morgan fingerprint density at radius 1 is 0.244 bits per heavy atom. The molecular formula is C76H138O6. The van der Waals surface area contributed by atoms with Gasteiger partial charge in [-0.05, 0) is 89.9 Å². The Bertz CT molecular complexity index is 1460. The zero-order chi connectivity index (χ0) is 59.2. The minimum atomic E-state index is -0.784. The summed E-state index contributed by atoms with van der Waals surface area (Å²) in [5, 5.41) is 0. The van der Waals surface area contributed by atoms with Gasteiger partial charge in [0.05, 0.1) is 0 Å². The largest absolute Gasteiger partial charge is 0.462 e. The van der Waals surface area contributed by atoms with Gasteiger partial charge in [0.1, 0.15) is 13.2 Å². The van der Waals surface area contributed by atoms with Crippen LogP contribution in [0, 0.1) is 0 Å². The summed E-state index contributed by atoms with van der Waals surface area (Å²) in [6.45, 7) is 6.66. The molecule has 0 aliphatic rings. The van der Waals surface area contributed by atoms with Crippen molar-refractivity contribution in [2.45, 2.75) is 393 Å². The predicted molar refractivity (Wildman–Crippen MR) is 358 cm³/mol. The third kappa shape index (κ3) is 67.9. The molecule has 0 saturated heterocycles. The maximum Gasteiger partial charge on any atom is 0.306 e. The van der Waals surface area contributed by atoms with Gasteiger partial charge >= 0.3 is 17.9 Å². The molecule has 0 fully saturated rings. The van der Waals surface area contributed by atoms with Crippen LogP contribution in [0.3, 0.4) is 0 Å². The highest BCUT2D eigenvalue weighted by Gasteiger charge is 2.19. The molecule has 6 heteroatoms. The maximum absolute atomic E-state index is 13.0. The monoisotopic (exact) mass is 1150 g/mol. The molecule has 0 spiro atoms. The van der Waals surface area contributed by atoms with E-state index in [0.29, 0.717) is 19.3 Å². The summed E-state index contributed by atoms with van der Waals surface area (Å²) in [4.78, 5) is 38.5. The quantitative estimate of drug-likeness (QED) is 0.0261. The minimum absolute atomic E-state index is 0.0772. The van der Waals surface area contributed by atoms with Crippen molar-refractivity contribution in [3.05, 3.63) is 60.8 Å². The molecule has 0 aromatic rings. The van der Waals surface area contributed by atoms with E-state index in [1.165, 1.54) is 257 Å². The van der Waals surface area contributed by atoms with Gasteiger partial charge in [-0.25, -0.2) is 0 Å². The Morgan fingerprint density at radius 2 is 0.439 bits per heavy atom. The predicted octanol–water partition coefficient (Wildman–Crippen LogP) is 25.1. The van der Waals surface area contributed by atoms with Crippen LogP contribution in [0.5, 0.6) is 0 Å². The van der Waals surface area contributed by atoms with Crippen LogP contribution < -0.4 is 0 Å². The van der Waals surface area contributed by atoms with Crippen LogP contribution in [-0.4, -0.2) is 37.2 Å². The summed E-state index contributed by atoms with van der Waals surface area (Å²) in [5.74, 6) is -0.868. The first-order valence-corrected chi connectivity index (χ1v) is 36.3. The molecule has 6 nitrogen and oxygen atoms in total. The Hall–Kier alpha value is -2.89. The van der Waals surface area contributed by atoms with Gasteiger partial charge in [0.2, 0.25) is 0 Å². The molecule has 1 unspecified atom stereocenters. The second-order valence-electron chi connectivity index (χ2n) is 24.5. The maximum atomic E-state index is 13.0. The van der Waals surface area contributed by atoms with Crippen molar-refractivity contribution in [3.8, 4) is 0 Å². The molecule has 478 valence electrons. The van der Waals surface area contributed by atoms with Crippen LogP contribution in [-0.2, 0) is 28.6 Å². The zero-order valence-electron chi connectivity index (χ0n) is 55.0. The Balaban J connectivity index is 4.35. The van der Waals surface area contributed by atoms with Crippen molar-refractivity contribution in [1.29, 1.82) is 0 Å². The zero-order valence-corrected chi connectivity index (χ0v) is 55.0. The molecule has 0 saturated carbocycles. The Morgan fingerprint density at radius 3 is 0.707 bits per heavy atom. The van der Waals surface area contributed by atoms with Crippen molar-refractivity contribution in [1.82, 2.24) is 0 Å². The normalized spacial score (nSPS) is 12.4. The number of ether oxygens (including phenoxy) is 3. The average molecular weight is 1150 g/mol. The van der Waals surface area contributed by atoms with E-state index >= 15 is 0 Å². The fourth-order valence-corrected chi connectivity index (χ4v) is 10.8. The number of allylic oxidation sites excluding steroid dienone is 10. The van der Waals surface area contributed by atoms with Crippen LogP contribution in [0.4, 0.5) is 0 Å². The van der Waals surface area contributed by atoms with Crippen LogP contribution in [0.2, 0.25) is 0 Å². The van der Waals surface area contributed by atoms with Gasteiger partial charge in [0.15, 0.2) is 6.10 Å². The van der Waals surface area contributed by atoms with Crippen molar-refractivity contribution in [2.24, 2.45) is 0 Å². The van der Waals surface area contributed by atoms with Gasteiger partial charge in [0.25, 0.3) is 0 Å². The lowest BCUT2D eigenvalue weighted by atomic mass is 10.0. The number of esters is 3. The molecule has 0 N–H and O–H groups in total. The molecule has 0 rings (SSSR count). The van der Waals surface area contributed by atoms with Crippen LogP contribution in [0.15, 0.2) is 60.8 Å². The molecule has 82 heavy (non-hydrogen) atoms. The fraction of sp³-hybridized carbons (Fsp3) is 0.829.